The van der Waals surface area contributed by atoms with Gasteiger partial charge >= 0.3 is 0 Å². The molecule has 1 saturated carbocycles. The Morgan fingerprint density at radius 1 is 1.06 bits per heavy atom. The first-order valence-corrected chi connectivity index (χ1v) is 12.5. The number of aromatic nitrogens is 1. The maximum absolute atomic E-state index is 12.6. The van der Waals surface area contributed by atoms with E-state index in [9.17, 15) is 4.79 Å². The molecule has 1 aromatic heterocycles. The summed E-state index contributed by atoms with van der Waals surface area (Å²) in [4.78, 5) is 22.1. The van der Waals surface area contributed by atoms with E-state index in [1.807, 2.05) is 25.1 Å². The van der Waals surface area contributed by atoms with Crippen molar-refractivity contribution in [2.75, 3.05) is 11.9 Å². The van der Waals surface area contributed by atoms with Gasteiger partial charge < -0.3 is 15.1 Å². The van der Waals surface area contributed by atoms with Crippen LogP contribution in [0.25, 0.3) is 22.8 Å². The molecule has 1 atom stereocenters. The van der Waals surface area contributed by atoms with Crippen LogP contribution in [0.4, 0.5) is 11.4 Å². The molecular weight excluding hydrogens is 424 g/mol. The van der Waals surface area contributed by atoms with Gasteiger partial charge in [-0.3, -0.25) is 9.79 Å². The molecule has 0 unspecified atom stereocenters. The molecule has 6 nitrogen and oxygen atoms in total. The topological polar surface area (TPSA) is 79.5 Å². The number of carbonyl (C=O) groups excluding carboxylic acids is 1. The Balaban J connectivity index is 1.22. The van der Waals surface area contributed by atoms with Crippen molar-refractivity contribution in [1.82, 2.24) is 10.3 Å². The summed E-state index contributed by atoms with van der Waals surface area (Å²) in [7, 11) is 0. The number of amides is 1. The van der Waals surface area contributed by atoms with Crippen molar-refractivity contribution >= 4 is 23.0 Å². The van der Waals surface area contributed by atoms with E-state index in [1.54, 1.807) is 6.20 Å². The average molecular weight is 455 g/mol. The highest BCUT2D eigenvalue weighted by Gasteiger charge is 2.26. The number of fused-ring (bicyclic) bond motifs is 1. The fourth-order valence-electron chi connectivity index (χ4n) is 5.41. The fraction of sp³-hybridized carbons (Fsp3) is 0.393. The Morgan fingerprint density at radius 2 is 1.91 bits per heavy atom. The number of anilines is 1. The fourth-order valence-corrected chi connectivity index (χ4v) is 5.41. The van der Waals surface area contributed by atoms with Crippen LogP contribution in [0, 0.1) is 12.8 Å². The summed E-state index contributed by atoms with van der Waals surface area (Å²) in [5.41, 5.74) is 7.36. The Kier molecular flexibility index (Phi) is 5.53. The first kappa shape index (κ1) is 21.3. The minimum absolute atomic E-state index is 0.0153. The number of hydrogen-bond donors (Lipinski definition) is 2. The molecule has 3 aliphatic rings. The molecule has 0 spiro atoms. The average Bonchev–Trinajstić information content (AvgIpc) is 3.66. The lowest BCUT2D eigenvalue weighted by Crippen LogP contribution is -2.35. The molecule has 2 fully saturated rings. The summed E-state index contributed by atoms with van der Waals surface area (Å²) < 4.78 is 6.16. The van der Waals surface area contributed by atoms with Crippen molar-refractivity contribution in [2.45, 2.75) is 57.9 Å². The zero-order valence-electron chi connectivity index (χ0n) is 19.6. The SMILES string of the molecule is Cc1ccc(-c2ncc(-c3ccc4c(c3)N=C(C3CCCC3)C4)o2)cc1NC(=O)[C@@H]1CCCN1. The van der Waals surface area contributed by atoms with E-state index >= 15 is 0 Å². The van der Waals surface area contributed by atoms with Gasteiger partial charge in [0.25, 0.3) is 0 Å². The zero-order chi connectivity index (χ0) is 23.1. The van der Waals surface area contributed by atoms with E-state index in [0.717, 1.165) is 59.6 Å². The standard InChI is InChI=1S/C28H30N4O2/c1-17-8-9-21(15-23(17)32-27(33)22-7-4-12-29-22)28-30-16-26(34-28)20-11-10-19-13-24(31-25(19)14-20)18-5-2-3-6-18/h8-11,14-16,18,22,29H,2-7,12-13H2,1H3,(H,32,33)/t22-/m0/s1. The number of hydrogen-bond acceptors (Lipinski definition) is 5. The van der Waals surface area contributed by atoms with Gasteiger partial charge in [0.2, 0.25) is 11.8 Å². The summed E-state index contributed by atoms with van der Waals surface area (Å²) in [5, 5.41) is 6.32. The van der Waals surface area contributed by atoms with Crippen LogP contribution in [0.15, 0.2) is 52.0 Å². The molecule has 2 aliphatic heterocycles. The lowest BCUT2D eigenvalue weighted by molar-refractivity contribution is -0.117. The predicted molar refractivity (Wildman–Crippen MR) is 135 cm³/mol. The number of benzene rings is 2. The van der Waals surface area contributed by atoms with Crippen molar-refractivity contribution in [2.24, 2.45) is 10.9 Å². The van der Waals surface area contributed by atoms with E-state index < -0.39 is 0 Å². The van der Waals surface area contributed by atoms with Crippen molar-refractivity contribution in [3.8, 4) is 22.8 Å². The number of aryl methyl sites for hydroxylation is 1. The van der Waals surface area contributed by atoms with Crippen LogP contribution in [-0.2, 0) is 11.2 Å². The van der Waals surface area contributed by atoms with Crippen molar-refractivity contribution in [3.05, 3.63) is 53.7 Å². The third kappa shape index (κ3) is 4.07. The van der Waals surface area contributed by atoms with E-state index in [4.69, 9.17) is 9.41 Å². The number of nitrogens with zero attached hydrogens (tertiary/aromatic N) is 2. The highest BCUT2D eigenvalue weighted by atomic mass is 16.4. The Hall–Kier alpha value is -3.25. The lowest BCUT2D eigenvalue weighted by Gasteiger charge is -2.13. The Labute approximate surface area is 199 Å². The second kappa shape index (κ2) is 8.84. The van der Waals surface area contributed by atoms with Gasteiger partial charge in [-0.2, -0.15) is 0 Å². The third-order valence-electron chi connectivity index (χ3n) is 7.46. The normalized spacial score (nSPS) is 19.9. The Bertz CT molecular complexity index is 1260. The molecule has 2 N–H and O–H groups in total. The lowest BCUT2D eigenvalue weighted by atomic mass is 9.97. The highest BCUT2D eigenvalue weighted by molar-refractivity contribution is 5.97. The molecule has 2 aromatic carbocycles. The second-order valence-electron chi connectivity index (χ2n) is 9.80. The molecule has 0 radical (unpaired) electrons. The number of oxazole rings is 1. The van der Waals surface area contributed by atoms with Gasteiger partial charge in [-0.05, 0) is 74.4 Å². The molecule has 6 rings (SSSR count). The smallest absolute Gasteiger partial charge is 0.241 e. The minimum atomic E-state index is -0.118. The molecule has 174 valence electrons. The summed E-state index contributed by atoms with van der Waals surface area (Å²) in [6.45, 7) is 2.89. The van der Waals surface area contributed by atoms with Crippen LogP contribution < -0.4 is 10.6 Å². The van der Waals surface area contributed by atoms with E-state index in [0.29, 0.717) is 11.8 Å². The first-order valence-electron chi connectivity index (χ1n) is 12.5. The number of nitrogens with one attached hydrogen (secondary N) is 2. The summed E-state index contributed by atoms with van der Waals surface area (Å²) in [6.07, 6.45) is 9.88. The molecule has 6 heteroatoms. The quantitative estimate of drug-likeness (QED) is 0.509. The maximum atomic E-state index is 12.6. The van der Waals surface area contributed by atoms with E-state index in [1.165, 1.54) is 37.0 Å². The van der Waals surface area contributed by atoms with Crippen molar-refractivity contribution in [3.63, 3.8) is 0 Å². The molecule has 0 bridgehead atoms. The van der Waals surface area contributed by atoms with Crippen LogP contribution in [-0.4, -0.2) is 29.2 Å². The molecule has 3 aromatic rings. The van der Waals surface area contributed by atoms with Crippen molar-refractivity contribution in [1.29, 1.82) is 0 Å². The van der Waals surface area contributed by atoms with Crippen LogP contribution in [0.5, 0.6) is 0 Å². The number of aliphatic imine (C=N–C) groups is 1. The summed E-state index contributed by atoms with van der Waals surface area (Å²) in [6, 6.07) is 12.2. The first-order chi connectivity index (χ1) is 16.6. The summed E-state index contributed by atoms with van der Waals surface area (Å²) >= 11 is 0. The second-order valence-corrected chi connectivity index (χ2v) is 9.80. The minimum Gasteiger partial charge on any atom is -0.436 e. The largest absolute Gasteiger partial charge is 0.436 e. The third-order valence-corrected chi connectivity index (χ3v) is 7.46. The van der Waals surface area contributed by atoms with Crippen LogP contribution in [0.3, 0.4) is 0 Å². The van der Waals surface area contributed by atoms with Gasteiger partial charge in [0.05, 0.1) is 17.9 Å². The van der Waals surface area contributed by atoms with Gasteiger partial charge in [0.1, 0.15) is 0 Å². The summed E-state index contributed by atoms with van der Waals surface area (Å²) in [5.74, 6) is 1.94. The number of rotatable bonds is 5. The molecule has 1 aliphatic carbocycles. The Morgan fingerprint density at radius 3 is 2.74 bits per heavy atom. The molecule has 1 saturated heterocycles. The zero-order valence-corrected chi connectivity index (χ0v) is 19.6. The van der Waals surface area contributed by atoms with E-state index in [-0.39, 0.29) is 11.9 Å². The van der Waals surface area contributed by atoms with E-state index in [2.05, 4.69) is 33.8 Å². The van der Waals surface area contributed by atoms with Crippen molar-refractivity contribution < 1.29 is 9.21 Å². The van der Waals surface area contributed by atoms with Crippen LogP contribution in [0.1, 0.15) is 49.7 Å². The van der Waals surface area contributed by atoms with Crippen LogP contribution in [0.2, 0.25) is 0 Å². The molecule has 34 heavy (non-hydrogen) atoms. The maximum Gasteiger partial charge on any atom is 0.241 e. The van der Waals surface area contributed by atoms with Gasteiger partial charge in [0.15, 0.2) is 5.76 Å². The highest BCUT2D eigenvalue weighted by Crippen LogP contribution is 2.38. The monoisotopic (exact) mass is 454 g/mol. The molecule has 1 amide bonds. The predicted octanol–water partition coefficient (Wildman–Crippen LogP) is 5.83. The van der Waals surface area contributed by atoms with Gasteiger partial charge in [0, 0.05) is 28.9 Å². The van der Waals surface area contributed by atoms with Gasteiger partial charge in [-0.15, -0.1) is 0 Å². The van der Waals surface area contributed by atoms with Gasteiger partial charge in [-0.1, -0.05) is 31.0 Å². The number of carbonyl (C=O) groups is 1. The van der Waals surface area contributed by atoms with Crippen LogP contribution >= 0.6 is 0 Å². The molecule has 3 heterocycles. The van der Waals surface area contributed by atoms with Gasteiger partial charge in [-0.25, -0.2) is 4.98 Å². The molecular formula is C28H30N4O2.